The zero-order chi connectivity index (χ0) is 17.2. The van der Waals surface area contributed by atoms with E-state index in [4.69, 9.17) is 9.84 Å². The zero-order valence-corrected chi connectivity index (χ0v) is 13.3. The van der Waals surface area contributed by atoms with Crippen LogP contribution in [0.25, 0.3) is 0 Å². The summed E-state index contributed by atoms with van der Waals surface area (Å²) >= 11 is 0. The Labute approximate surface area is 137 Å². The Balaban J connectivity index is 0.000000593. The van der Waals surface area contributed by atoms with E-state index in [2.05, 4.69) is 18.3 Å². The Morgan fingerprint density at radius 3 is 2.87 bits per heavy atom. The molecule has 124 valence electrons. The van der Waals surface area contributed by atoms with E-state index in [0.717, 1.165) is 24.1 Å². The van der Waals surface area contributed by atoms with Crippen LogP contribution in [0.1, 0.15) is 18.9 Å². The maximum atomic E-state index is 12.0. The molecule has 2 rings (SSSR count). The van der Waals surface area contributed by atoms with Crippen LogP contribution < -0.4 is 5.32 Å². The van der Waals surface area contributed by atoms with Crippen LogP contribution in [0.4, 0.5) is 5.69 Å². The monoisotopic (exact) mass is 317 g/mol. The summed E-state index contributed by atoms with van der Waals surface area (Å²) in [6.45, 7) is 5.76. The first-order valence-corrected chi connectivity index (χ1v) is 7.47. The number of benzene rings is 1. The predicted octanol–water partition coefficient (Wildman–Crippen LogP) is 2.10. The lowest BCUT2D eigenvalue weighted by Gasteiger charge is -2.32. The number of esters is 1. The number of hydrogen-bond donors (Lipinski definition) is 3. The average molecular weight is 317 g/mol. The zero-order valence-electron chi connectivity index (χ0n) is 13.3. The summed E-state index contributed by atoms with van der Waals surface area (Å²) in [4.78, 5) is 12.0. The number of anilines is 1. The van der Waals surface area contributed by atoms with Crippen LogP contribution in [0.5, 0.6) is 5.75 Å². The summed E-state index contributed by atoms with van der Waals surface area (Å²) in [5, 5.41) is 20.4. The number of carbonyl (C=O) groups excluding carboxylic acids is 1. The lowest BCUT2D eigenvalue weighted by molar-refractivity contribution is -0.145. The van der Waals surface area contributed by atoms with Gasteiger partial charge in [0, 0.05) is 5.69 Å². The van der Waals surface area contributed by atoms with Gasteiger partial charge in [-0.1, -0.05) is 12.0 Å². The average Bonchev–Trinajstić information content (AvgIpc) is 2.55. The quantitative estimate of drug-likeness (QED) is 0.343. The van der Waals surface area contributed by atoms with Gasteiger partial charge in [0.25, 0.3) is 0 Å². The standard InChI is InChI=1S/C15H19NO3.C3H4O/c1-3-5-10-8-11-9-12(17)6-7-13(11)16-14(10)15(18)19-4-2;1-2-3-4/h3,6-7,9-10,14,16-17H,1,4-5,8H2,2H3;1,4H,3H2/t10-,14+;/m1./s1. The molecule has 0 bridgehead atoms. The third-order valence-corrected chi connectivity index (χ3v) is 3.45. The molecule has 0 radical (unpaired) electrons. The molecule has 1 aliphatic rings. The SMILES string of the molecule is C#CCO.C=CC[C@@H]1Cc2cc(O)ccc2N[C@@H]1C(=O)OCC. The first-order valence-electron chi connectivity index (χ1n) is 7.47. The fourth-order valence-corrected chi connectivity index (χ4v) is 2.49. The van der Waals surface area contributed by atoms with Gasteiger partial charge in [-0.05, 0) is 49.4 Å². The molecule has 0 saturated heterocycles. The summed E-state index contributed by atoms with van der Waals surface area (Å²) in [5.41, 5.74) is 1.91. The molecule has 1 aliphatic heterocycles. The number of ether oxygens (including phenoxy) is 1. The number of nitrogens with one attached hydrogen (secondary N) is 1. The van der Waals surface area contributed by atoms with Crippen LogP contribution in [-0.4, -0.2) is 35.4 Å². The molecule has 0 spiro atoms. The van der Waals surface area contributed by atoms with Gasteiger partial charge < -0.3 is 20.3 Å². The van der Waals surface area contributed by atoms with Crippen LogP contribution in [0, 0.1) is 18.3 Å². The van der Waals surface area contributed by atoms with E-state index in [1.807, 2.05) is 12.0 Å². The predicted molar refractivity (Wildman–Crippen MR) is 90.1 cm³/mol. The molecule has 1 aromatic rings. The summed E-state index contributed by atoms with van der Waals surface area (Å²) in [6.07, 6.45) is 7.80. The van der Waals surface area contributed by atoms with Crippen molar-refractivity contribution < 1.29 is 19.7 Å². The van der Waals surface area contributed by atoms with Crippen molar-refractivity contribution in [3.63, 3.8) is 0 Å². The lowest BCUT2D eigenvalue weighted by atomic mass is 9.85. The Kier molecular flexibility index (Phi) is 7.72. The second kappa shape index (κ2) is 9.54. The minimum Gasteiger partial charge on any atom is -0.508 e. The van der Waals surface area contributed by atoms with Gasteiger partial charge in [0.05, 0.1) is 6.61 Å². The van der Waals surface area contributed by atoms with Crippen LogP contribution in [0.2, 0.25) is 0 Å². The Bertz CT molecular complexity index is 577. The molecule has 0 aromatic heterocycles. The van der Waals surface area contributed by atoms with E-state index in [1.54, 1.807) is 25.1 Å². The van der Waals surface area contributed by atoms with Crippen molar-refractivity contribution in [1.82, 2.24) is 0 Å². The number of phenolic OH excluding ortho intramolecular Hbond substituents is 1. The fraction of sp³-hybridized carbons (Fsp3) is 0.389. The summed E-state index contributed by atoms with van der Waals surface area (Å²) in [5.74, 6) is 2.10. The van der Waals surface area contributed by atoms with E-state index in [0.29, 0.717) is 6.61 Å². The van der Waals surface area contributed by atoms with Crippen molar-refractivity contribution in [2.24, 2.45) is 5.92 Å². The number of aliphatic hydroxyl groups excluding tert-OH is 1. The molecule has 0 amide bonds. The van der Waals surface area contributed by atoms with Crippen molar-refractivity contribution in [2.45, 2.75) is 25.8 Å². The van der Waals surface area contributed by atoms with E-state index >= 15 is 0 Å². The number of phenols is 1. The summed E-state index contributed by atoms with van der Waals surface area (Å²) < 4.78 is 5.11. The minimum absolute atomic E-state index is 0.103. The van der Waals surface area contributed by atoms with Gasteiger partial charge >= 0.3 is 5.97 Å². The molecule has 1 aromatic carbocycles. The number of rotatable bonds is 4. The molecule has 0 aliphatic carbocycles. The molecule has 2 atom stereocenters. The summed E-state index contributed by atoms with van der Waals surface area (Å²) in [6, 6.07) is 4.79. The number of aliphatic hydroxyl groups is 1. The third-order valence-electron chi connectivity index (χ3n) is 3.45. The van der Waals surface area contributed by atoms with Crippen LogP contribution in [-0.2, 0) is 16.0 Å². The van der Waals surface area contributed by atoms with E-state index in [9.17, 15) is 9.90 Å². The van der Waals surface area contributed by atoms with Gasteiger partial charge in [0.15, 0.2) is 0 Å². The number of carbonyl (C=O) groups is 1. The fourth-order valence-electron chi connectivity index (χ4n) is 2.49. The molecule has 0 fully saturated rings. The molecule has 0 unspecified atom stereocenters. The van der Waals surface area contributed by atoms with Crippen LogP contribution in [0.15, 0.2) is 30.9 Å². The highest BCUT2D eigenvalue weighted by atomic mass is 16.5. The van der Waals surface area contributed by atoms with Gasteiger partial charge in [-0.3, -0.25) is 0 Å². The van der Waals surface area contributed by atoms with Crippen molar-refractivity contribution in [2.75, 3.05) is 18.5 Å². The van der Waals surface area contributed by atoms with Gasteiger partial charge in [-0.25, -0.2) is 4.79 Å². The maximum Gasteiger partial charge on any atom is 0.328 e. The second-order valence-corrected chi connectivity index (χ2v) is 5.07. The van der Waals surface area contributed by atoms with Crippen molar-refractivity contribution in [3.05, 3.63) is 36.4 Å². The number of hydrogen-bond acceptors (Lipinski definition) is 5. The molecular formula is C18H23NO4. The maximum absolute atomic E-state index is 12.0. The Hall–Kier alpha value is -2.45. The van der Waals surface area contributed by atoms with Gasteiger partial charge in [0.1, 0.15) is 18.4 Å². The normalized spacial score (nSPS) is 18.3. The van der Waals surface area contributed by atoms with Crippen molar-refractivity contribution >= 4 is 11.7 Å². The molecule has 5 heteroatoms. The van der Waals surface area contributed by atoms with E-state index < -0.39 is 0 Å². The molecule has 0 saturated carbocycles. The number of fused-ring (bicyclic) bond motifs is 1. The highest BCUT2D eigenvalue weighted by Gasteiger charge is 2.33. The van der Waals surface area contributed by atoms with Crippen LogP contribution >= 0.6 is 0 Å². The molecule has 5 nitrogen and oxygen atoms in total. The smallest absolute Gasteiger partial charge is 0.328 e. The molecule has 1 heterocycles. The largest absolute Gasteiger partial charge is 0.508 e. The highest BCUT2D eigenvalue weighted by molar-refractivity contribution is 5.81. The Morgan fingerprint density at radius 1 is 1.61 bits per heavy atom. The van der Waals surface area contributed by atoms with E-state index in [1.165, 1.54) is 0 Å². The number of aromatic hydroxyl groups is 1. The molecule has 3 N–H and O–H groups in total. The van der Waals surface area contributed by atoms with E-state index in [-0.39, 0.29) is 30.3 Å². The van der Waals surface area contributed by atoms with Crippen LogP contribution in [0.3, 0.4) is 0 Å². The van der Waals surface area contributed by atoms with Gasteiger partial charge in [-0.2, -0.15) is 0 Å². The number of terminal acetylenes is 1. The highest BCUT2D eigenvalue weighted by Crippen LogP contribution is 2.33. The van der Waals surface area contributed by atoms with Crippen molar-refractivity contribution in [3.8, 4) is 18.1 Å². The first-order chi connectivity index (χ1) is 11.1. The first kappa shape index (κ1) is 18.6. The van der Waals surface area contributed by atoms with Crippen molar-refractivity contribution in [1.29, 1.82) is 0 Å². The lowest BCUT2D eigenvalue weighted by Crippen LogP contribution is -2.42. The number of allylic oxidation sites excluding steroid dienone is 1. The van der Waals surface area contributed by atoms with Gasteiger partial charge in [-0.15, -0.1) is 13.0 Å². The molecular weight excluding hydrogens is 294 g/mol. The topological polar surface area (TPSA) is 78.8 Å². The minimum atomic E-state index is -0.352. The summed E-state index contributed by atoms with van der Waals surface area (Å²) in [7, 11) is 0. The Morgan fingerprint density at radius 2 is 2.30 bits per heavy atom. The second-order valence-electron chi connectivity index (χ2n) is 5.07. The third kappa shape index (κ3) is 5.35. The molecule has 23 heavy (non-hydrogen) atoms. The van der Waals surface area contributed by atoms with Gasteiger partial charge in [0.2, 0.25) is 0 Å².